The van der Waals surface area contributed by atoms with Crippen molar-refractivity contribution in [2.45, 2.75) is 51.6 Å². The van der Waals surface area contributed by atoms with Crippen LogP contribution in [0.25, 0.3) is 0 Å². The van der Waals surface area contributed by atoms with E-state index in [0.717, 1.165) is 18.4 Å². The van der Waals surface area contributed by atoms with Gasteiger partial charge in [-0.3, -0.25) is 0 Å². The maximum absolute atomic E-state index is 5.72. The smallest absolute Gasteiger partial charge is 0.0519 e. The molecule has 0 radical (unpaired) electrons. The van der Waals surface area contributed by atoms with E-state index < -0.39 is 0 Å². The minimum atomic E-state index is 0.377. The van der Waals surface area contributed by atoms with E-state index in [4.69, 9.17) is 4.74 Å². The molecule has 0 atom stereocenters. The zero-order valence-electron chi connectivity index (χ0n) is 11.1. The van der Waals surface area contributed by atoms with Crippen LogP contribution >= 0.6 is 0 Å². The molecule has 2 rings (SSSR count). The molecule has 1 aromatic rings. The zero-order valence-corrected chi connectivity index (χ0v) is 11.1. The molecule has 0 aliphatic heterocycles. The number of rotatable bonds is 4. The lowest BCUT2D eigenvalue weighted by molar-refractivity contribution is 0.0397. The van der Waals surface area contributed by atoms with Crippen molar-refractivity contribution in [3.05, 3.63) is 35.9 Å². The Morgan fingerprint density at radius 3 is 2.29 bits per heavy atom. The van der Waals surface area contributed by atoms with Gasteiger partial charge in [-0.1, -0.05) is 30.3 Å². The fraction of sp³-hybridized carbons (Fsp3) is 0.625. The molecular formula is C16H24O. The van der Waals surface area contributed by atoms with E-state index in [-0.39, 0.29) is 0 Å². The molecule has 0 bridgehead atoms. The van der Waals surface area contributed by atoms with E-state index in [9.17, 15) is 0 Å². The predicted molar refractivity (Wildman–Crippen MR) is 72.2 cm³/mol. The summed E-state index contributed by atoms with van der Waals surface area (Å²) >= 11 is 0. The molecule has 1 fully saturated rings. The normalized spacial score (nSPS) is 25.1. The molecule has 0 unspecified atom stereocenters. The van der Waals surface area contributed by atoms with Crippen molar-refractivity contribution in [3.63, 3.8) is 0 Å². The Hall–Kier alpha value is -0.820. The zero-order chi connectivity index (χ0) is 12.1. The van der Waals surface area contributed by atoms with Crippen molar-refractivity contribution in [1.29, 1.82) is 0 Å². The molecule has 0 amide bonds. The molecule has 94 valence electrons. The van der Waals surface area contributed by atoms with Crippen LogP contribution in [0.4, 0.5) is 0 Å². The maximum Gasteiger partial charge on any atom is 0.0519 e. The Labute approximate surface area is 105 Å². The largest absolute Gasteiger partial charge is 0.379 e. The molecule has 1 nitrogen and oxygen atoms in total. The molecular weight excluding hydrogens is 208 g/mol. The third-order valence-corrected chi connectivity index (χ3v) is 3.78. The van der Waals surface area contributed by atoms with Gasteiger partial charge < -0.3 is 4.74 Å². The monoisotopic (exact) mass is 232 g/mol. The van der Waals surface area contributed by atoms with Gasteiger partial charge in [0.15, 0.2) is 0 Å². The molecule has 1 aliphatic carbocycles. The van der Waals surface area contributed by atoms with E-state index in [2.05, 4.69) is 44.2 Å². The van der Waals surface area contributed by atoms with Crippen LogP contribution in [0.1, 0.15) is 51.0 Å². The molecule has 17 heavy (non-hydrogen) atoms. The van der Waals surface area contributed by atoms with Crippen LogP contribution in [0.5, 0.6) is 0 Å². The van der Waals surface area contributed by atoms with Crippen molar-refractivity contribution >= 4 is 0 Å². The minimum absolute atomic E-state index is 0.377. The number of hydrogen-bond donors (Lipinski definition) is 0. The van der Waals surface area contributed by atoms with Gasteiger partial charge in [-0.25, -0.2) is 0 Å². The van der Waals surface area contributed by atoms with Crippen molar-refractivity contribution in [1.82, 2.24) is 0 Å². The highest BCUT2D eigenvalue weighted by atomic mass is 16.5. The summed E-state index contributed by atoms with van der Waals surface area (Å²) < 4.78 is 5.72. The summed E-state index contributed by atoms with van der Waals surface area (Å²) in [4.78, 5) is 0. The van der Waals surface area contributed by atoms with Crippen LogP contribution in [0.15, 0.2) is 30.3 Å². The highest BCUT2D eigenvalue weighted by Crippen LogP contribution is 2.35. The summed E-state index contributed by atoms with van der Waals surface area (Å²) in [5.41, 5.74) is 1.52. The van der Waals surface area contributed by atoms with Gasteiger partial charge in [0.05, 0.1) is 6.10 Å². The molecule has 1 heteroatoms. The highest BCUT2D eigenvalue weighted by molar-refractivity contribution is 5.19. The second-order valence-corrected chi connectivity index (χ2v) is 5.51. The molecule has 1 aromatic carbocycles. The minimum Gasteiger partial charge on any atom is -0.379 e. The Bertz CT molecular complexity index is 310. The van der Waals surface area contributed by atoms with Crippen LogP contribution in [0, 0.1) is 5.92 Å². The Morgan fingerprint density at radius 1 is 1.06 bits per heavy atom. The highest BCUT2D eigenvalue weighted by Gasteiger charge is 2.22. The van der Waals surface area contributed by atoms with Gasteiger partial charge in [0.25, 0.3) is 0 Å². The van der Waals surface area contributed by atoms with Crippen molar-refractivity contribution in [2.24, 2.45) is 5.92 Å². The standard InChI is InChI=1S/C16H24O/c1-13(2)17-12-14-8-10-16(11-9-14)15-6-4-3-5-7-15/h3-7,13-14,16H,8-12H2,1-2H3. The van der Waals surface area contributed by atoms with Gasteiger partial charge in [-0.15, -0.1) is 0 Å². The number of hydrogen-bond acceptors (Lipinski definition) is 1. The van der Waals surface area contributed by atoms with Crippen molar-refractivity contribution in [3.8, 4) is 0 Å². The third kappa shape index (κ3) is 3.85. The average molecular weight is 232 g/mol. The summed E-state index contributed by atoms with van der Waals surface area (Å²) in [5, 5.41) is 0. The topological polar surface area (TPSA) is 9.23 Å². The quantitative estimate of drug-likeness (QED) is 0.748. The first kappa shape index (κ1) is 12.6. The lowest BCUT2D eigenvalue weighted by atomic mass is 9.79. The third-order valence-electron chi connectivity index (χ3n) is 3.78. The molecule has 0 aromatic heterocycles. The summed E-state index contributed by atoms with van der Waals surface area (Å²) in [7, 11) is 0. The molecule has 1 aliphatic rings. The van der Waals surface area contributed by atoms with Crippen LogP contribution in [-0.2, 0) is 4.74 Å². The van der Waals surface area contributed by atoms with E-state index in [1.807, 2.05) is 0 Å². The molecule has 0 spiro atoms. The van der Waals surface area contributed by atoms with Crippen molar-refractivity contribution < 1.29 is 4.74 Å². The van der Waals surface area contributed by atoms with Gasteiger partial charge in [0, 0.05) is 6.61 Å². The van der Waals surface area contributed by atoms with Gasteiger partial charge in [0.1, 0.15) is 0 Å². The van der Waals surface area contributed by atoms with Gasteiger partial charge >= 0.3 is 0 Å². The first-order valence-electron chi connectivity index (χ1n) is 6.92. The molecule has 0 N–H and O–H groups in total. The Morgan fingerprint density at radius 2 is 1.71 bits per heavy atom. The average Bonchev–Trinajstić information content (AvgIpc) is 2.38. The van der Waals surface area contributed by atoms with Crippen LogP contribution in [0.2, 0.25) is 0 Å². The van der Waals surface area contributed by atoms with Crippen molar-refractivity contribution in [2.75, 3.05) is 6.61 Å². The summed E-state index contributed by atoms with van der Waals surface area (Å²) in [5.74, 6) is 1.57. The fourth-order valence-corrected chi connectivity index (χ4v) is 2.72. The number of ether oxygens (including phenoxy) is 1. The maximum atomic E-state index is 5.72. The lowest BCUT2D eigenvalue weighted by Crippen LogP contribution is -2.19. The van der Waals surface area contributed by atoms with Gasteiger partial charge in [0.2, 0.25) is 0 Å². The molecule has 0 heterocycles. The summed E-state index contributed by atoms with van der Waals surface area (Å²) in [6, 6.07) is 11.0. The van der Waals surface area contributed by atoms with Gasteiger partial charge in [-0.2, -0.15) is 0 Å². The Kier molecular flexibility index (Phi) is 4.61. The second kappa shape index (κ2) is 6.20. The summed E-state index contributed by atoms with van der Waals surface area (Å²) in [6.07, 6.45) is 5.69. The van der Waals surface area contributed by atoms with Crippen LogP contribution in [-0.4, -0.2) is 12.7 Å². The van der Waals surface area contributed by atoms with E-state index in [0.29, 0.717) is 6.10 Å². The lowest BCUT2D eigenvalue weighted by Gasteiger charge is -2.29. The van der Waals surface area contributed by atoms with E-state index in [1.165, 1.54) is 31.2 Å². The van der Waals surface area contributed by atoms with E-state index in [1.54, 1.807) is 0 Å². The fourth-order valence-electron chi connectivity index (χ4n) is 2.72. The van der Waals surface area contributed by atoms with Crippen LogP contribution in [0.3, 0.4) is 0 Å². The van der Waals surface area contributed by atoms with Gasteiger partial charge in [-0.05, 0) is 56.9 Å². The van der Waals surface area contributed by atoms with E-state index >= 15 is 0 Å². The van der Waals surface area contributed by atoms with Crippen LogP contribution < -0.4 is 0 Å². The predicted octanol–water partition coefficient (Wildman–Crippen LogP) is 4.39. The SMILES string of the molecule is CC(C)OCC1CCC(c2ccccc2)CC1. The first-order chi connectivity index (χ1) is 8.25. The number of benzene rings is 1. The first-order valence-corrected chi connectivity index (χ1v) is 6.92. The molecule has 1 saturated carbocycles. The second-order valence-electron chi connectivity index (χ2n) is 5.51. The summed E-state index contributed by atoms with van der Waals surface area (Å²) in [6.45, 7) is 5.20. The Balaban J connectivity index is 1.78. The molecule has 0 saturated heterocycles.